The normalized spacial score (nSPS) is 18.3. The number of nitrogens with one attached hydrogen (secondary N) is 1. The quantitative estimate of drug-likeness (QED) is 0.464. The van der Waals surface area contributed by atoms with Crippen LogP contribution in [-0.2, 0) is 0 Å². The van der Waals surface area contributed by atoms with Crippen molar-refractivity contribution in [2.45, 2.75) is 31.9 Å². The van der Waals surface area contributed by atoms with Crippen molar-refractivity contribution < 1.29 is 14.3 Å². The largest absolute Gasteiger partial charge is 0.443 e. The number of carbonyl (C=O) groups excluding carboxylic acids is 1. The van der Waals surface area contributed by atoms with Gasteiger partial charge < -0.3 is 25.0 Å². The molecule has 152 valence electrons. The van der Waals surface area contributed by atoms with Gasteiger partial charge in [-0.3, -0.25) is 4.79 Å². The monoisotopic (exact) mass is 405 g/mol. The first kappa shape index (κ1) is 18.3. The second-order valence-electron chi connectivity index (χ2n) is 7.33. The van der Waals surface area contributed by atoms with E-state index in [-0.39, 0.29) is 29.5 Å². The van der Waals surface area contributed by atoms with E-state index >= 15 is 0 Å². The van der Waals surface area contributed by atoms with Crippen LogP contribution in [0.4, 0.5) is 5.82 Å². The number of rotatable bonds is 4. The summed E-state index contributed by atoms with van der Waals surface area (Å²) in [7, 11) is 0. The van der Waals surface area contributed by atoms with E-state index in [0.717, 1.165) is 11.3 Å². The van der Waals surface area contributed by atoms with Crippen molar-refractivity contribution in [2.75, 3.05) is 5.73 Å². The molecule has 10 nitrogen and oxygen atoms in total. The molecule has 30 heavy (non-hydrogen) atoms. The Morgan fingerprint density at radius 2 is 2.10 bits per heavy atom. The van der Waals surface area contributed by atoms with Gasteiger partial charge in [0.25, 0.3) is 5.91 Å². The first-order valence-corrected chi connectivity index (χ1v) is 9.50. The highest BCUT2D eigenvalue weighted by atomic mass is 16.3. The average molecular weight is 405 g/mol. The summed E-state index contributed by atoms with van der Waals surface area (Å²) in [6.07, 6.45) is 7.22. The van der Waals surface area contributed by atoms with Crippen LogP contribution in [-0.4, -0.2) is 47.5 Å². The number of amides is 1. The number of anilines is 1. The number of hydrogen-bond acceptors (Lipinski definition) is 8. The number of carbonyl (C=O) groups is 1. The Morgan fingerprint density at radius 1 is 1.27 bits per heavy atom. The van der Waals surface area contributed by atoms with Gasteiger partial charge in [0.1, 0.15) is 17.6 Å². The molecule has 1 amide bonds. The highest BCUT2D eigenvalue weighted by Gasteiger charge is 2.30. The lowest BCUT2D eigenvalue weighted by Crippen LogP contribution is -2.47. The summed E-state index contributed by atoms with van der Waals surface area (Å²) in [5, 5.41) is 12.3. The molecular formula is C20H19N7O3. The third-order valence-corrected chi connectivity index (χ3v) is 5.19. The van der Waals surface area contributed by atoms with Crippen LogP contribution in [0.2, 0.25) is 0 Å². The number of aliphatic hydroxyl groups is 1. The zero-order valence-corrected chi connectivity index (χ0v) is 16.1. The lowest BCUT2D eigenvalue weighted by molar-refractivity contribution is 0.0561. The first-order valence-electron chi connectivity index (χ1n) is 9.50. The van der Waals surface area contributed by atoms with Gasteiger partial charge in [0.2, 0.25) is 5.89 Å². The summed E-state index contributed by atoms with van der Waals surface area (Å²) in [6, 6.07) is 3.60. The molecule has 0 spiro atoms. The third-order valence-electron chi connectivity index (χ3n) is 5.19. The standard InChI is InChI=1S/C20H19N7O3/c1-10-8-23-14-3-2-11(9-27(10)14)15-16(20-22-4-5-30-20)26-18(21)17(25-15)19(29)24-12-6-13(28)7-12/h2-5,8-9,12-13,28H,6-7H2,1H3,(H2,21,26)(H,24,29)/t12-,13+. The topological polar surface area (TPSA) is 144 Å². The van der Waals surface area contributed by atoms with Gasteiger partial charge in [0, 0.05) is 29.7 Å². The molecule has 0 radical (unpaired) electrons. The van der Waals surface area contributed by atoms with Gasteiger partial charge in [-0.1, -0.05) is 0 Å². The van der Waals surface area contributed by atoms with Crippen molar-refractivity contribution in [3.05, 3.63) is 48.4 Å². The minimum absolute atomic E-state index is 0.0177. The Labute approximate surface area is 170 Å². The van der Waals surface area contributed by atoms with Gasteiger partial charge in [-0.15, -0.1) is 0 Å². The second kappa shape index (κ2) is 6.92. The molecule has 0 bridgehead atoms. The molecule has 1 aliphatic carbocycles. The minimum Gasteiger partial charge on any atom is -0.443 e. The average Bonchev–Trinajstić information content (AvgIpc) is 3.37. The Hall–Kier alpha value is -3.79. The molecule has 4 aromatic rings. The Bertz CT molecular complexity index is 1240. The van der Waals surface area contributed by atoms with Gasteiger partial charge in [-0.05, 0) is 31.9 Å². The summed E-state index contributed by atoms with van der Waals surface area (Å²) < 4.78 is 7.34. The summed E-state index contributed by atoms with van der Waals surface area (Å²) in [5.41, 5.74) is 9.29. The van der Waals surface area contributed by atoms with Crippen molar-refractivity contribution in [2.24, 2.45) is 0 Å². The highest BCUT2D eigenvalue weighted by Crippen LogP contribution is 2.30. The number of nitrogens with two attached hydrogens (primary N) is 1. The molecule has 5 rings (SSSR count). The van der Waals surface area contributed by atoms with E-state index in [1.165, 1.54) is 12.5 Å². The van der Waals surface area contributed by atoms with Crippen molar-refractivity contribution in [1.82, 2.24) is 29.7 Å². The first-order chi connectivity index (χ1) is 14.5. The van der Waals surface area contributed by atoms with Crippen LogP contribution in [0.1, 0.15) is 29.0 Å². The Morgan fingerprint density at radius 3 is 2.83 bits per heavy atom. The van der Waals surface area contributed by atoms with Crippen molar-refractivity contribution in [1.29, 1.82) is 0 Å². The Kier molecular flexibility index (Phi) is 4.21. The van der Waals surface area contributed by atoms with Crippen LogP contribution in [0.15, 0.2) is 41.4 Å². The fourth-order valence-corrected chi connectivity index (χ4v) is 3.51. The van der Waals surface area contributed by atoms with Crippen LogP contribution in [0.5, 0.6) is 0 Å². The second-order valence-corrected chi connectivity index (χ2v) is 7.33. The molecule has 4 aromatic heterocycles. The predicted octanol–water partition coefficient (Wildman–Crippen LogP) is 1.59. The minimum atomic E-state index is -0.433. The van der Waals surface area contributed by atoms with E-state index in [1.807, 2.05) is 29.7 Å². The lowest BCUT2D eigenvalue weighted by atomic mass is 9.89. The fourth-order valence-electron chi connectivity index (χ4n) is 3.51. The Balaban J connectivity index is 1.62. The number of aryl methyl sites for hydroxylation is 1. The molecular weight excluding hydrogens is 386 g/mol. The van der Waals surface area contributed by atoms with Crippen LogP contribution >= 0.6 is 0 Å². The van der Waals surface area contributed by atoms with Gasteiger partial charge in [-0.25, -0.2) is 19.9 Å². The van der Waals surface area contributed by atoms with Crippen molar-refractivity contribution in [3.8, 4) is 22.8 Å². The number of oxazole rings is 1. The highest BCUT2D eigenvalue weighted by molar-refractivity contribution is 5.98. The molecule has 0 unspecified atom stereocenters. The smallest absolute Gasteiger partial charge is 0.273 e. The molecule has 0 saturated heterocycles. The molecule has 4 N–H and O–H groups in total. The van der Waals surface area contributed by atoms with Crippen molar-refractivity contribution >= 4 is 17.4 Å². The molecule has 0 atom stereocenters. The maximum Gasteiger partial charge on any atom is 0.273 e. The summed E-state index contributed by atoms with van der Waals surface area (Å²) >= 11 is 0. The van der Waals surface area contributed by atoms with E-state index in [1.54, 1.807) is 6.20 Å². The van der Waals surface area contributed by atoms with E-state index in [0.29, 0.717) is 29.8 Å². The number of fused-ring (bicyclic) bond motifs is 1. The fraction of sp³-hybridized carbons (Fsp3) is 0.250. The van der Waals surface area contributed by atoms with Gasteiger partial charge in [0.05, 0.1) is 12.3 Å². The number of imidazole rings is 1. The molecule has 0 aromatic carbocycles. The molecule has 4 heterocycles. The predicted molar refractivity (Wildman–Crippen MR) is 107 cm³/mol. The van der Waals surface area contributed by atoms with E-state index < -0.39 is 5.91 Å². The molecule has 0 aliphatic heterocycles. The maximum atomic E-state index is 12.8. The van der Waals surface area contributed by atoms with Gasteiger partial charge >= 0.3 is 0 Å². The lowest BCUT2D eigenvalue weighted by Gasteiger charge is -2.31. The maximum absolute atomic E-state index is 12.8. The summed E-state index contributed by atoms with van der Waals surface area (Å²) in [6.45, 7) is 1.94. The van der Waals surface area contributed by atoms with E-state index in [4.69, 9.17) is 10.2 Å². The SMILES string of the molecule is Cc1cnc2ccc(-c3nc(C(=O)N[C@H]4C[C@@H](O)C4)c(N)nc3-c3ncco3)cn12. The van der Waals surface area contributed by atoms with Crippen LogP contribution < -0.4 is 11.1 Å². The van der Waals surface area contributed by atoms with Crippen LogP contribution in [0.25, 0.3) is 28.5 Å². The van der Waals surface area contributed by atoms with Crippen LogP contribution in [0, 0.1) is 6.92 Å². The molecule has 10 heteroatoms. The number of nitrogens with zero attached hydrogens (tertiary/aromatic N) is 5. The van der Waals surface area contributed by atoms with Crippen molar-refractivity contribution in [3.63, 3.8) is 0 Å². The zero-order valence-electron chi connectivity index (χ0n) is 16.1. The van der Waals surface area contributed by atoms with E-state index in [2.05, 4.69) is 25.3 Å². The number of aliphatic hydroxyl groups excluding tert-OH is 1. The third kappa shape index (κ3) is 3.07. The zero-order chi connectivity index (χ0) is 20.8. The number of nitrogen functional groups attached to an aromatic ring is 1. The number of aromatic nitrogens is 5. The molecule has 1 saturated carbocycles. The molecule has 1 aliphatic rings. The van der Waals surface area contributed by atoms with E-state index in [9.17, 15) is 9.90 Å². The van der Waals surface area contributed by atoms with Gasteiger partial charge in [0.15, 0.2) is 17.2 Å². The summed E-state index contributed by atoms with van der Waals surface area (Å²) in [4.78, 5) is 30.2. The van der Waals surface area contributed by atoms with Crippen LogP contribution in [0.3, 0.4) is 0 Å². The number of pyridine rings is 1. The summed E-state index contributed by atoms with van der Waals surface area (Å²) in [5.74, 6) is -0.207. The number of hydrogen-bond donors (Lipinski definition) is 3. The van der Waals surface area contributed by atoms with Gasteiger partial charge in [-0.2, -0.15) is 0 Å². The molecule has 1 fully saturated rings.